The lowest BCUT2D eigenvalue weighted by Crippen LogP contribution is -2.55. The Morgan fingerprint density at radius 3 is 2.42 bits per heavy atom. The summed E-state index contributed by atoms with van der Waals surface area (Å²) in [6, 6.07) is 16.1. The first-order valence-electron chi connectivity index (χ1n) is 14.7. The highest BCUT2D eigenvalue weighted by Crippen LogP contribution is 2.27. The maximum atomic E-state index is 12.5. The number of amides is 1. The molecular weight excluding hydrogens is 582 g/mol. The van der Waals surface area contributed by atoms with Crippen molar-refractivity contribution < 1.29 is 43.0 Å². The number of hydrogen-bond acceptors (Lipinski definition) is 10. The number of nitrogens with one attached hydrogen (secondary N) is 3. The maximum absolute atomic E-state index is 12.5. The number of aromatic amines is 1. The Bertz CT molecular complexity index is 1520. The van der Waals surface area contributed by atoms with Crippen LogP contribution < -0.4 is 10.8 Å². The molecule has 45 heavy (non-hydrogen) atoms. The van der Waals surface area contributed by atoms with Crippen LogP contribution in [0.1, 0.15) is 49.6 Å². The van der Waals surface area contributed by atoms with Gasteiger partial charge in [0.05, 0.1) is 0 Å². The lowest BCUT2D eigenvalue weighted by atomic mass is 10.0. The molecule has 12 heteroatoms. The molecule has 1 amide bonds. The molecule has 4 rings (SSSR count). The van der Waals surface area contributed by atoms with Gasteiger partial charge < -0.3 is 29.2 Å². The van der Waals surface area contributed by atoms with Crippen LogP contribution >= 0.6 is 0 Å². The molecule has 0 radical (unpaired) electrons. The molecule has 0 unspecified atom stereocenters. The van der Waals surface area contributed by atoms with Gasteiger partial charge in [0.1, 0.15) is 18.8 Å². The number of benzene rings is 2. The van der Waals surface area contributed by atoms with Crippen LogP contribution in [-0.4, -0.2) is 66.6 Å². The number of hydroxylamine groups is 1. The summed E-state index contributed by atoms with van der Waals surface area (Å²) >= 11 is 0. The number of aromatic nitrogens is 1. The monoisotopic (exact) mass is 621 g/mol. The molecule has 2 heterocycles. The fourth-order valence-electron chi connectivity index (χ4n) is 5.15. The van der Waals surface area contributed by atoms with E-state index < -0.39 is 48.4 Å². The summed E-state index contributed by atoms with van der Waals surface area (Å²) in [5.74, 6) is -2.38. The molecule has 2 aromatic carbocycles. The largest absolute Gasteiger partial charge is 0.463 e. The van der Waals surface area contributed by atoms with Gasteiger partial charge in [0, 0.05) is 56.4 Å². The van der Waals surface area contributed by atoms with E-state index in [1.54, 1.807) is 6.08 Å². The number of hydrogen-bond donors (Lipinski definition) is 3. The molecule has 0 aliphatic carbocycles. The van der Waals surface area contributed by atoms with Crippen molar-refractivity contribution in [1.29, 1.82) is 0 Å². The van der Waals surface area contributed by atoms with E-state index in [2.05, 4.69) is 40.9 Å². The fraction of sp³-hybridized carbons (Fsp3) is 0.394. The summed E-state index contributed by atoms with van der Waals surface area (Å²) in [4.78, 5) is 56.0. The van der Waals surface area contributed by atoms with Crippen LogP contribution in [0.25, 0.3) is 17.0 Å². The Morgan fingerprint density at radius 2 is 1.71 bits per heavy atom. The number of aryl methyl sites for hydroxylation is 1. The van der Waals surface area contributed by atoms with E-state index in [-0.39, 0.29) is 13.0 Å². The number of H-pyrrole nitrogens is 1. The van der Waals surface area contributed by atoms with Crippen molar-refractivity contribution in [1.82, 2.24) is 15.8 Å². The van der Waals surface area contributed by atoms with E-state index in [9.17, 15) is 19.2 Å². The highest BCUT2D eigenvalue weighted by atomic mass is 16.8. The summed E-state index contributed by atoms with van der Waals surface area (Å²) in [6.07, 6.45) is -0.254. The van der Waals surface area contributed by atoms with Crippen molar-refractivity contribution in [2.24, 2.45) is 0 Å². The minimum absolute atomic E-state index is 0.0466. The van der Waals surface area contributed by atoms with Crippen molar-refractivity contribution in [3.63, 3.8) is 0 Å². The normalized spacial score (nSPS) is 19.7. The third-order valence-corrected chi connectivity index (χ3v) is 7.16. The Kier molecular flexibility index (Phi) is 11.9. The predicted octanol–water partition coefficient (Wildman–Crippen LogP) is 3.41. The van der Waals surface area contributed by atoms with Crippen molar-refractivity contribution in [2.45, 2.75) is 71.7 Å². The zero-order valence-corrected chi connectivity index (χ0v) is 25.8. The summed E-state index contributed by atoms with van der Waals surface area (Å²) in [5, 5.41) is 4.75. The maximum Gasteiger partial charge on any atom is 0.303 e. The van der Waals surface area contributed by atoms with Crippen molar-refractivity contribution in [2.75, 3.05) is 13.2 Å². The highest BCUT2D eigenvalue weighted by molar-refractivity contribution is 5.91. The van der Waals surface area contributed by atoms with Crippen LogP contribution in [0.4, 0.5) is 0 Å². The number of para-hydroxylation sites is 1. The first-order valence-corrected chi connectivity index (χ1v) is 14.7. The Balaban J connectivity index is 1.24. The van der Waals surface area contributed by atoms with Crippen LogP contribution in [0.15, 0.2) is 54.6 Å². The molecule has 1 aromatic heterocycles. The summed E-state index contributed by atoms with van der Waals surface area (Å²) < 4.78 is 21.4. The Labute approximate surface area is 261 Å². The molecule has 0 bridgehead atoms. The van der Waals surface area contributed by atoms with Gasteiger partial charge in [-0.1, -0.05) is 42.5 Å². The number of esters is 3. The minimum atomic E-state index is -1.08. The third kappa shape index (κ3) is 10.00. The first kappa shape index (κ1) is 33.4. The topological polar surface area (TPSA) is 154 Å². The van der Waals surface area contributed by atoms with Gasteiger partial charge in [0.25, 0.3) is 5.91 Å². The average molecular weight is 622 g/mol. The van der Waals surface area contributed by atoms with E-state index in [0.29, 0.717) is 6.54 Å². The SMILES string of the molecule is CC(=O)OC[C@H]1O[C@@H](ONC(=O)/C=C/c2ccc(CNCCc3c(C)[nH]c4ccccc34)cc2)C[C@@H](OC(C)=O)[C@@H]1OC(C)=O. The van der Waals surface area contributed by atoms with Gasteiger partial charge >= 0.3 is 17.9 Å². The molecule has 1 aliphatic heterocycles. The molecule has 0 spiro atoms. The van der Waals surface area contributed by atoms with Gasteiger partial charge in [0.15, 0.2) is 12.4 Å². The van der Waals surface area contributed by atoms with Gasteiger partial charge in [-0.2, -0.15) is 0 Å². The van der Waals surface area contributed by atoms with Crippen molar-refractivity contribution >= 4 is 40.8 Å². The second-order valence-corrected chi connectivity index (χ2v) is 10.7. The molecule has 3 aromatic rings. The van der Waals surface area contributed by atoms with Gasteiger partial charge in [-0.15, -0.1) is 0 Å². The lowest BCUT2D eigenvalue weighted by Gasteiger charge is -2.39. The van der Waals surface area contributed by atoms with Crippen LogP contribution in [0.3, 0.4) is 0 Å². The van der Waals surface area contributed by atoms with Gasteiger partial charge in [-0.05, 0) is 48.7 Å². The molecule has 0 saturated carbocycles. The minimum Gasteiger partial charge on any atom is -0.463 e. The third-order valence-electron chi connectivity index (χ3n) is 7.16. The number of carbonyl (C=O) groups excluding carboxylic acids is 4. The Hall–Kier alpha value is -4.52. The van der Waals surface area contributed by atoms with Crippen LogP contribution in [0.2, 0.25) is 0 Å². The smallest absolute Gasteiger partial charge is 0.303 e. The zero-order valence-electron chi connectivity index (χ0n) is 25.8. The van der Waals surface area contributed by atoms with Gasteiger partial charge in [-0.25, -0.2) is 10.3 Å². The standard InChI is InChI=1S/C33H39N3O9/c1-20-26(27-7-5-6-8-28(27)35-20)15-16-34-18-25-11-9-24(10-12-25)13-14-31(40)36-45-32-17-29(42-22(3)38)33(43-23(4)39)30(44-32)19-41-21(2)37/h5-14,29-30,32-35H,15-19H2,1-4H3,(H,36,40)/b14-13+/t29-,30-,32+,33+/m1/s1. The highest BCUT2D eigenvalue weighted by Gasteiger charge is 2.44. The van der Waals surface area contributed by atoms with Crippen LogP contribution in [-0.2, 0) is 55.9 Å². The second-order valence-electron chi connectivity index (χ2n) is 10.7. The zero-order chi connectivity index (χ0) is 32.3. The lowest BCUT2D eigenvalue weighted by molar-refractivity contribution is -0.278. The molecule has 12 nitrogen and oxygen atoms in total. The van der Waals surface area contributed by atoms with Gasteiger partial charge in [-0.3, -0.25) is 19.2 Å². The van der Waals surface area contributed by atoms with Crippen molar-refractivity contribution in [3.05, 3.63) is 77.0 Å². The first-order chi connectivity index (χ1) is 21.6. The quantitative estimate of drug-likeness (QED) is 0.0851. The number of rotatable bonds is 13. The summed E-state index contributed by atoms with van der Waals surface area (Å²) in [6.45, 7) is 6.99. The van der Waals surface area contributed by atoms with Gasteiger partial charge in [0.2, 0.25) is 0 Å². The molecule has 1 fully saturated rings. The summed E-state index contributed by atoms with van der Waals surface area (Å²) in [7, 11) is 0. The molecule has 240 valence electrons. The molecule has 1 aliphatic rings. The predicted molar refractivity (Wildman–Crippen MR) is 164 cm³/mol. The fourth-order valence-corrected chi connectivity index (χ4v) is 5.15. The number of carbonyl (C=O) groups is 4. The average Bonchev–Trinajstić information content (AvgIpc) is 3.32. The molecule has 1 saturated heterocycles. The van der Waals surface area contributed by atoms with E-state index in [4.69, 9.17) is 23.8 Å². The van der Waals surface area contributed by atoms with E-state index in [1.165, 1.54) is 43.5 Å². The Morgan fingerprint density at radius 1 is 0.978 bits per heavy atom. The van der Waals surface area contributed by atoms with E-state index in [1.807, 2.05) is 30.3 Å². The van der Waals surface area contributed by atoms with Crippen molar-refractivity contribution in [3.8, 4) is 0 Å². The van der Waals surface area contributed by atoms with Crippen LogP contribution in [0.5, 0.6) is 0 Å². The van der Waals surface area contributed by atoms with E-state index >= 15 is 0 Å². The van der Waals surface area contributed by atoms with E-state index in [0.717, 1.165) is 29.6 Å². The number of ether oxygens (including phenoxy) is 4. The summed E-state index contributed by atoms with van der Waals surface area (Å²) in [5.41, 5.74) is 7.90. The van der Waals surface area contributed by atoms with Crippen LogP contribution in [0, 0.1) is 6.92 Å². The molecule has 4 atom stereocenters. The number of fused-ring (bicyclic) bond motifs is 1. The molecular formula is C33H39N3O9. The molecule has 3 N–H and O–H groups in total. The second kappa shape index (κ2) is 16.0.